The van der Waals surface area contributed by atoms with Gasteiger partial charge in [0.25, 0.3) is 0 Å². The van der Waals surface area contributed by atoms with Gasteiger partial charge in [0, 0.05) is 0 Å². The molecule has 12 heteroatoms. The molecule has 0 amide bonds. The Kier molecular flexibility index (Phi) is 17.1. The zero-order valence-electron chi connectivity index (χ0n) is 4.89. The summed E-state index contributed by atoms with van der Waals surface area (Å²) in [7, 11) is -10.8. The number of hydrogen-bond acceptors (Lipinski definition) is 8. The molecule has 0 saturated heterocycles. The Hall–Kier alpha value is 1.26. The van der Waals surface area contributed by atoms with Crippen LogP contribution >= 0.6 is 15.6 Å². The maximum absolute atomic E-state index is 8.55. The molecule has 0 bridgehead atoms. The molecule has 0 N–H and O–H groups in total. The monoisotopic (exact) mass is 301 g/mol. The first-order valence-electron chi connectivity index (χ1n) is 1.46. The Balaban J connectivity index is -0.0000000457. The zero-order chi connectivity index (χ0) is 9.00. The molecule has 0 atom stereocenters. The van der Waals surface area contributed by atoms with Crippen LogP contribution in [0.2, 0.25) is 0 Å². The summed E-state index contributed by atoms with van der Waals surface area (Å²) in [5, 5.41) is 0. The summed E-state index contributed by atoms with van der Waals surface area (Å²) in [5.74, 6) is 0. The maximum atomic E-state index is 8.55. The molecule has 8 nitrogen and oxygen atoms in total. The van der Waals surface area contributed by atoms with E-state index >= 15 is 0 Å². The Bertz CT molecular complexity index is 129. The largest absolute Gasteiger partial charge is 3.00 e. The molecule has 0 aromatic rings. The summed E-state index contributed by atoms with van der Waals surface area (Å²) in [4.78, 5) is 51.3. The van der Waals surface area contributed by atoms with Crippen LogP contribution in [0.5, 0.6) is 0 Å². The molecule has 0 heterocycles. The van der Waals surface area contributed by atoms with Crippen LogP contribution in [-0.4, -0.2) is 0 Å². The van der Waals surface area contributed by atoms with Crippen molar-refractivity contribution in [2.75, 3.05) is 0 Å². The third kappa shape index (κ3) is 748. The normalized spacial score (nSPS) is 9.83. The fourth-order valence-electron chi connectivity index (χ4n) is 0. The Morgan fingerprint density at radius 3 is 0.667 bits per heavy atom. The number of rotatable bonds is 0. The van der Waals surface area contributed by atoms with Gasteiger partial charge in [0.1, 0.15) is 0 Å². The van der Waals surface area contributed by atoms with Gasteiger partial charge in [-0.2, -0.15) is 15.6 Å². The van der Waals surface area contributed by atoms with Crippen LogP contribution < -0.4 is 29.4 Å². The van der Waals surface area contributed by atoms with Gasteiger partial charge < -0.3 is 38.5 Å². The first-order valence-corrected chi connectivity index (χ1v) is 4.38. The third-order valence-electron chi connectivity index (χ3n) is 0. The summed E-state index contributed by atoms with van der Waals surface area (Å²) in [6.07, 6.45) is 0. The van der Waals surface area contributed by atoms with Crippen molar-refractivity contribution in [1.29, 1.82) is 0 Å². The Morgan fingerprint density at radius 1 is 0.667 bits per heavy atom. The van der Waals surface area contributed by atoms with Gasteiger partial charge in [-0.1, -0.05) is 0 Å². The van der Waals surface area contributed by atoms with Crippen LogP contribution in [0.1, 0.15) is 0 Å². The Labute approximate surface area is 88.4 Å². The molecule has 0 fully saturated rings. The molecule has 73 valence electrons. The van der Waals surface area contributed by atoms with Gasteiger partial charge >= 0.3 is 34.1 Å². The first-order chi connectivity index (χ1) is 4.00. The third-order valence-corrected chi connectivity index (χ3v) is 0. The van der Waals surface area contributed by atoms with Crippen molar-refractivity contribution in [1.82, 2.24) is 0 Å². The predicted octanol–water partition coefficient (Wildman–Crippen LogP) is -5.65. The fourth-order valence-corrected chi connectivity index (χ4v) is 0. The molecule has 0 saturated carbocycles. The minimum absolute atomic E-state index is 0. The standard InChI is InChI=1S/Fe.Mn.2H3O4P/c;;2*1-5(2,3)4/h;;2*(H3,1,2,3,4)/q2*+3;;/p-6. The molecule has 1 radical (unpaired) electrons. The molecule has 0 spiro atoms. The van der Waals surface area contributed by atoms with Crippen LogP contribution in [0.15, 0.2) is 0 Å². The predicted molar refractivity (Wildman–Crippen MR) is 15.2 cm³/mol. The fraction of sp³-hybridized carbons (Fsp3) is 0. The van der Waals surface area contributed by atoms with Crippen molar-refractivity contribution >= 4 is 15.6 Å². The van der Waals surface area contributed by atoms with Crippen LogP contribution in [-0.2, 0) is 43.3 Å². The van der Waals surface area contributed by atoms with Gasteiger partial charge in [-0.05, 0) is 0 Å². The first kappa shape index (κ1) is 23.2. The summed E-state index contributed by atoms with van der Waals surface area (Å²) in [6.45, 7) is 0. The van der Waals surface area contributed by atoms with Crippen molar-refractivity contribution in [3.05, 3.63) is 0 Å². The second kappa shape index (κ2) is 8.84. The van der Waals surface area contributed by atoms with Crippen molar-refractivity contribution in [3.63, 3.8) is 0 Å². The average Bonchev–Trinajstić information content (AvgIpc) is 1.12. The van der Waals surface area contributed by atoms with E-state index in [1.807, 2.05) is 0 Å². The summed E-state index contributed by atoms with van der Waals surface area (Å²) in [6, 6.07) is 0. The van der Waals surface area contributed by atoms with Crippen molar-refractivity contribution in [3.8, 4) is 0 Å². The van der Waals surface area contributed by atoms with E-state index < -0.39 is 15.6 Å². The molecular formula is FeMnO8P2. The number of hydrogen-bond donors (Lipinski definition) is 0. The number of phosphoric acid groups is 2. The smallest absolute Gasteiger partial charge is 0.822 e. The van der Waals surface area contributed by atoms with Crippen LogP contribution in [0, 0.1) is 0 Å². The van der Waals surface area contributed by atoms with Crippen LogP contribution in [0.25, 0.3) is 0 Å². The van der Waals surface area contributed by atoms with Gasteiger partial charge in [-0.25, -0.2) is 0 Å². The van der Waals surface area contributed by atoms with E-state index in [-0.39, 0.29) is 34.1 Å². The summed E-state index contributed by atoms with van der Waals surface area (Å²) < 4.78 is 17.1. The van der Waals surface area contributed by atoms with Crippen molar-refractivity contribution in [2.24, 2.45) is 0 Å². The van der Waals surface area contributed by atoms with Crippen molar-refractivity contribution < 1.29 is 72.6 Å². The van der Waals surface area contributed by atoms with E-state index in [4.69, 9.17) is 38.5 Å². The molecule has 0 aliphatic rings. The van der Waals surface area contributed by atoms with Crippen LogP contribution in [0.3, 0.4) is 0 Å². The molecule has 12 heavy (non-hydrogen) atoms. The summed E-state index contributed by atoms with van der Waals surface area (Å²) >= 11 is 0. The minimum Gasteiger partial charge on any atom is -0.822 e. The SMILES string of the molecule is O=P([O-])([O-])[O-].O=P([O-])([O-])[O-].[Fe+3].[Mn+3]. The van der Waals surface area contributed by atoms with Gasteiger partial charge in [-0.3, -0.25) is 0 Å². The minimum atomic E-state index is -5.39. The quantitative estimate of drug-likeness (QED) is 0.314. The van der Waals surface area contributed by atoms with E-state index in [1.165, 1.54) is 0 Å². The van der Waals surface area contributed by atoms with Gasteiger partial charge in [0.2, 0.25) is 0 Å². The second-order valence-electron chi connectivity index (χ2n) is 0.894. The molecular weight excluding hydrogens is 301 g/mol. The summed E-state index contributed by atoms with van der Waals surface area (Å²) in [5.41, 5.74) is 0. The Morgan fingerprint density at radius 2 is 0.667 bits per heavy atom. The topological polar surface area (TPSA) is 172 Å². The van der Waals surface area contributed by atoms with E-state index in [0.29, 0.717) is 0 Å². The molecule has 0 aromatic heterocycles. The molecule has 0 rings (SSSR count). The van der Waals surface area contributed by atoms with E-state index in [2.05, 4.69) is 0 Å². The van der Waals surface area contributed by atoms with Gasteiger partial charge in [-0.15, -0.1) is 0 Å². The van der Waals surface area contributed by atoms with Crippen LogP contribution in [0.4, 0.5) is 0 Å². The van der Waals surface area contributed by atoms with E-state index in [1.54, 1.807) is 0 Å². The van der Waals surface area contributed by atoms with Gasteiger partial charge in [0.15, 0.2) is 0 Å². The van der Waals surface area contributed by atoms with Crippen molar-refractivity contribution in [2.45, 2.75) is 0 Å². The second-order valence-corrected chi connectivity index (χ2v) is 2.68. The zero-order valence-corrected chi connectivity index (χ0v) is 8.97. The van der Waals surface area contributed by atoms with E-state index in [9.17, 15) is 0 Å². The maximum Gasteiger partial charge on any atom is 3.00 e. The molecule has 0 aliphatic heterocycles. The van der Waals surface area contributed by atoms with Gasteiger partial charge in [0.05, 0.1) is 0 Å². The molecule has 0 aliphatic carbocycles. The molecule has 0 unspecified atom stereocenters. The average molecular weight is 301 g/mol. The van der Waals surface area contributed by atoms with E-state index in [0.717, 1.165) is 0 Å². The molecule has 0 aromatic carbocycles.